The molecule has 122 valence electrons. The highest BCUT2D eigenvalue weighted by Crippen LogP contribution is 2.34. The third-order valence-corrected chi connectivity index (χ3v) is 4.62. The van der Waals surface area contributed by atoms with Gasteiger partial charge in [0, 0.05) is 10.1 Å². The molecule has 0 aliphatic heterocycles. The first-order valence-corrected chi connectivity index (χ1v) is 7.65. The van der Waals surface area contributed by atoms with E-state index in [1.54, 1.807) is 12.1 Å². The van der Waals surface area contributed by atoms with E-state index in [1.165, 1.54) is 0 Å². The van der Waals surface area contributed by atoms with Gasteiger partial charge >= 0.3 is 12.0 Å². The Labute approximate surface area is 140 Å². The van der Waals surface area contributed by atoms with Crippen molar-refractivity contribution in [1.29, 1.82) is 0 Å². The van der Waals surface area contributed by atoms with Crippen LogP contribution in [0, 0.1) is 0 Å². The number of methoxy groups -OCH3 is 1. The summed E-state index contributed by atoms with van der Waals surface area (Å²) in [5.41, 5.74) is 0. The number of aliphatic hydroxyl groups excluding tert-OH is 1. The second-order valence-electron chi connectivity index (χ2n) is 4.43. The second kappa shape index (κ2) is 7.40. The molecule has 0 bridgehead atoms. The number of carbonyl (C=O) groups excluding carboxylic acids is 3. The molecule has 9 heteroatoms. The average molecular weight is 357 g/mol. The molecule has 1 unspecified atom stereocenters. The number of fused-ring (bicyclic) bond motifs is 1. The number of halogens is 1. The van der Waals surface area contributed by atoms with E-state index in [0.717, 1.165) is 23.1 Å². The van der Waals surface area contributed by atoms with Crippen LogP contribution in [0.15, 0.2) is 24.3 Å². The van der Waals surface area contributed by atoms with E-state index in [4.69, 9.17) is 16.7 Å². The van der Waals surface area contributed by atoms with Crippen LogP contribution in [0.25, 0.3) is 10.1 Å². The minimum atomic E-state index is -1.26. The molecule has 3 N–H and O–H groups in total. The predicted octanol–water partition coefficient (Wildman–Crippen LogP) is 1.53. The lowest BCUT2D eigenvalue weighted by Crippen LogP contribution is -2.49. The maximum Gasteiger partial charge on any atom is 0.330 e. The zero-order chi connectivity index (χ0) is 17.0. The zero-order valence-corrected chi connectivity index (χ0v) is 13.5. The van der Waals surface area contributed by atoms with Crippen molar-refractivity contribution < 1.29 is 24.2 Å². The van der Waals surface area contributed by atoms with Crippen molar-refractivity contribution in [3.05, 3.63) is 34.2 Å². The molecular weight excluding hydrogens is 344 g/mol. The van der Waals surface area contributed by atoms with Crippen LogP contribution in [0.5, 0.6) is 0 Å². The number of benzene rings is 1. The number of carbonyl (C=O) groups is 3. The van der Waals surface area contributed by atoms with Gasteiger partial charge in [-0.1, -0.05) is 29.8 Å². The summed E-state index contributed by atoms with van der Waals surface area (Å²) in [6, 6.07) is 4.98. The lowest BCUT2D eigenvalue weighted by molar-refractivity contribution is -0.143. The van der Waals surface area contributed by atoms with Crippen LogP contribution in [0.2, 0.25) is 5.02 Å². The molecule has 1 atom stereocenters. The molecule has 0 spiro atoms. The van der Waals surface area contributed by atoms with Crippen molar-refractivity contribution >= 4 is 50.9 Å². The molecule has 2 rings (SSSR count). The van der Waals surface area contributed by atoms with E-state index in [9.17, 15) is 14.4 Å². The molecule has 0 saturated carbocycles. The number of imide groups is 1. The van der Waals surface area contributed by atoms with Gasteiger partial charge in [-0.3, -0.25) is 10.1 Å². The maximum atomic E-state index is 12.1. The van der Waals surface area contributed by atoms with E-state index in [2.05, 4.69) is 15.4 Å². The first kappa shape index (κ1) is 17.2. The molecule has 7 nitrogen and oxygen atoms in total. The smallest absolute Gasteiger partial charge is 0.330 e. The number of esters is 1. The Bertz CT molecular complexity index is 761. The summed E-state index contributed by atoms with van der Waals surface area (Å²) >= 11 is 7.29. The van der Waals surface area contributed by atoms with Crippen LogP contribution in [0.1, 0.15) is 9.67 Å². The SMILES string of the molecule is COC(=O)C(CO)NC(=O)NC(=O)c1sc2ccccc2c1Cl. The third kappa shape index (κ3) is 3.79. The monoisotopic (exact) mass is 356 g/mol. The second-order valence-corrected chi connectivity index (χ2v) is 5.86. The van der Waals surface area contributed by atoms with Crippen molar-refractivity contribution in [2.24, 2.45) is 0 Å². The van der Waals surface area contributed by atoms with Gasteiger partial charge in [0.1, 0.15) is 4.88 Å². The molecule has 1 heterocycles. The van der Waals surface area contributed by atoms with Gasteiger partial charge in [0.25, 0.3) is 5.91 Å². The fourth-order valence-electron chi connectivity index (χ4n) is 1.84. The third-order valence-electron chi connectivity index (χ3n) is 2.94. The van der Waals surface area contributed by atoms with Gasteiger partial charge < -0.3 is 15.2 Å². The molecule has 0 aliphatic rings. The first-order chi connectivity index (χ1) is 11.0. The Morgan fingerprint density at radius 2 is 2.04 bits per heavy atom. The van der Waals surface area contributed by atoms with E-state index < -0.39 is 30.6 Å². The molecule has 1 aromatic heterocycles. The summed E-state index contributed by atoms with van der Waals surface area (Å²) in [6.45, 7) is -0.655. The first-order valence-electron chi connectivity index (χ1n) is 6.45. The Morgan fingerprint density at radius 3 is 2.65 bits per heavy atom. The minimum absolute atomic E-state index is 0.182. The molecule has 23 heavy (non-hydrogen) atoms. The number of ether oxygens (including phenoxy) is 1. The van der Waals surface area contributed by atoms with E-state index in [1.807, 2.05) is 12.1 Å². The van der Waals surface area contributed by atoms with Crippen molar-refractivity contribution in [3.8, 4) is 0 Å². The fourth-order valence-corrected chi connectivity index (χ4v) is 3.25. The van der Waals surface area contributed by atoms with Gasteiger partial charge in [-0.15, -0.1) is 11.3 Å². The number of hydrogen-bond donors (Lipinski definition) is 3. The number of aliphatic hydroxyl groups is 1. The van der Waals surface area contributed by atoms with Gasteiger partial charge in [0.05, 0.1) is 18.7 Å². The molecule has 0 saturated heterocycles. The highest BCUT2D eigenvalue weighted by molar-refractivity contribution is 7.21. The van der Waals surface area contributed by atoms with Crippen LogP contribution in [-0.4, -0.2) is 42.8 Å². The summed E-state index contributed by atoms with van der Waals surface area (Å²) in [6.07, 6.45) is 0. The van der Waals surface area contributed by atoms with Gasteiger partial charge in [-0.25, -0.2) is 9.59 Å². The summed E-state index contributed by atoms with van der Waals surface area (Å²) < 4.78 is 5.22. The van der Waals surface area contributed by atoms with Gasteiger partial charge in [-0.05, 0) is 6.07 Å². The number of hydrogen-bond acceptors (Lipinski definition) is 6. The number of rotatable bonds is 4. The lowest BCUT2D eigenvalue weighted by Gasteiger charge is -2.13. The quantitative estimate of drug-likeness (QED) is 0.720. The molecule has 2 aromatic rings. The topological polar surface area (TPSA) is 105 Å². The van der Waals surface area contributed by atoms with E-state index in [0.29, 0.717) is 5.39 Å². The molecule has 0 aliphatic carbocycles. The van der Waals surface area contributed by atoms with Crippen molar-refractivity contribution in [2.45, 2.75) is 6.04 Å². The lowest BCUT2D eigenvalue weighted by atomic mass is 10.2. The molecule has 0 radical (unpaired) electrons. The van der Waals surface area contributed by atoms with E-state index in [-0.39, 0.29) is 9.90 Å². The van der Waals surface area contributed by atoms with Crippen LogP contribution >= 0.6 is 22.9 Å². The number of nitrogens with one attached hydrogen (secondary N) is 2. The summed E-state index contributed by atoms with van der Waals surface area (Å²) in [4.78, 5) is 35.3. The Balaban J connectivity index is 2.10. The van der Waals surface area contributed by atoms with Gasteiger partial charge in [0.15, 0.2) is 6.04 Å². The van der Waals surface area contributed by atoms with Crippen LogP contribution in [0.4, 0.5) is 4.79 Å². The molecule has 1 aromatic carbocycles. The summed E-state index contributed by atoms with van der Waals surface area (Å²) in [5.74, 6) is -1.52. The van der Waals surface area contributed by atoms with Crippen LogP contribution in [-0.2, 0) is 9.53 Å². The average Bonchev–Trinajstić information content (AvgIpc) is 2.89. The highest BCUT2D eigenvalue weighted by atomic mass is 35.5. The normalized spacial score (nSPS) is 11.8. The van der Waals surface area contributed by atoms with Gasteiger partial charge in [-0.2, -0.15) is 0 Å². The number of amides is 3. The predicted molar refractivity (Wildman–Crippen MR) is 85.7 cm³/mol. The van der Waals surface area contributed by atoms with Crippen molar-refractivity contribution in [1.82, 2.24) is 10.6 Å². The number of thiophene rings is 1. The van der Waals surface area contributed by atoms with E-state index >= 15 is 0 Å². The number of urea groups is 1. The van der Waals surface area contributed by atoms with Gasteiger partial charge in [0.2, 0.25) is 0 Å². The standard InChI is InChI=1S/C14H13ClN2O5S/c1-22-13(20)8(6-18)16-14(21)17-12(19)11-10(15)7-4-2-3-5-9(7)23-11/h2-5,8,18H,6H2,1H3,(H2,16,17,19,21). The Kier molecular flexibility index (Phi) is 5.54. The molecular formula is C14H13ClN2O5S. The summed E-state index contributed by atoms with van der Waals surface area (Å²) in [7, 11) is 1.12. The van der Waals surface area contributed by atoms with Crippen LogP contribution in [0.3, 0.4) is 0 Å². The summed E-state index contributed by atoms with van der Waals surface area (Å²) in [5, 5.41) is 14.2. The Morgan fingerprint density at radius 1 is 1.35 bits per heavy atom. The maximum absolute atomic E-state index is 12.1. The Hall–Kier alpha value is -2.16. The van der Waals surface area contributed by atoms with Crippen molar-refractivity contribution in [3.63, 3.8) is 0 Å². The zero-order valence-electron chi connectivity index (χ0n) is 12.0. The van der Waals surface area contributed by atoms with Crippen molar-refractivity contribution in [2.75, 3.05) is 13.7 Å². The highest BCUT2D eigenvalue weighted by Gasteiger charge is 2.23. The molecule has 3 amide bonds. The minimum Gasteiger partial charge on any atom is -0.467 e. The molecule has 0 fully saturated rings. The fraction of sp³-hybridized carbons (Fsp3) is 0.214. The largest absolute Gasteiger partial charge is 0.467 e. The van der Waals surface area contributed by atoms with Crippen LogP contribution < -0.4 is 10.6 Å².